The van der Waals surface area contributed by atoms with Crippen LogP contribution in [0.4, 0.5) is 0 Å². The molecule has 8 heteroatoms. The molecule has 0 spiro atoms. The van der Waals surface area contributed by atoms with Crippen molar-refractivity contribution in [1.29, 1.82) is 0 Å². The first-order chi connectivity index (χ1) is 13.1. The zero-order valence-electron chi connectivity index (χ0n) is 15.6. The van der Waals surface area contributed by atoms with Crippen molar-refractivity contribution in [2.45, 2.75) is 26.2 Å². The lowest BCUT2D eigenvalue weighted by atomic mass is 9.96. The van der Waals surface area contributed by atoms with Gasteiger partial charge in [-0.3, -0.25) is 9.59 Å². The number of benzene rings is 1. The largest absolute Gasteiger partial charge is 0.355 e. The highest BCUT2D eigenvalue weighted by Crippen LogP contribution is 2.19. The number of hydrogen-bond donors (Lipinski definition) is 2. The van der Waals surface area contributed by atoms with E-state index in [-0.39, 0.29) is 24.2 Å². The lowest BCUT2D eigenvalue weighted by Crippen LogP contribution is -2.46. The van der Waals surface area contributed by atoms with E-state index in [1.165, 1.54) is 0 Å². The summed E-state index contributed by atoms with van der Waals surface area (Å²) in [6.45, 7) is 3.91. The summed E-state index contributed by atoms with van der Waals surface area (Å²) in [6, 6.07) is 9.71. The van der Waals surface area contributed by atoms with Crippen molar-refractivity contribution in [2.75, 3.05) is 26.2 Å². The van der Waals surface area contributed by atoms with Crippen LogP contribution in [0.2, 0.25) is 0 Å². The molecule has 27 heavy (non-hydrogen) atoms. The standard InChI is InChI=1S/C19H26N6O2/c1-14-17(22-23-25(14)16-7-3-2-4-8-16)12-18(26)24-11-5-6-15(13-24)19(27)21-10-9-20/h2-4,7-8,15H,5-6,9-13,20H2,1H3,(H,21,27). The van der Waals surface area contributed by atoms with Crippen LogP contribution in [0.5, 0.6) is 0 Å². The Morgan fingerprint density at radius 2 is 2.07 bits per heavy atom. The second-order valence-electron chi connectivity index (χ2n) is 6.80. The Balaban J connectivity index is 1.64. The molecule has 0 radical (unpaired) electrons. The van der Waals surface area contributed by atoms with Crippen LogP contribution in [0.1, 0.15) is 24.2 Å². The summed E-state index contributed by atoms with van der Waals surface area (Å²) in [5.74, 6) is -0.214. The van der Waals surface area contributed by atoms with E-state index in [1.54, 1.807) is 9.58 Å². The molecule has 1 aromatic heterocycles. The highest BCUT2D eigenvalue weighted by atomic mass is 16.2. The van der Waals surface area contributed by atoms with Crippen LogP contribution in [0.3, 0.4) is 0 Å². The SMILES string of the molecule is Cc1c(CC(=O)N2CCCC(C(=O)NCCN)C2)nnn1-c1ccccc1. The number of likely N-dealkylation sites (tertiary alicyclic amines) is 1. The summed E-state index contributed by atoms with van der Waals surface area (Å²) >= 11 is 0. The Labute approximate surface area is 158 Å². The molecule has 2 aromatic rings. The van der Waals surface area contributed by atoms with Crippen LogP contribution in [0, 0.1) is 12.8 Å². The van der Waals surface area contributed by atoms with E-state index < -0.39 is 0 Å². The molecule has 0 saturated carbocycles. The Bertz CT molecular complexity index is 789. The van der Waals surface area contributed by atoms with E-state index in [9.17, 15) is 9.59 Å². The van der Waals surface area contributed by atoms with Crippen molar-refractivity contribution >= 4 is 11.8 Å². The van der Waals surface area contributed by atoms with E-state index in [1.807, 2.05) is 37.3 Å². The van der Waals surface area contributed by atoms with Gasteiger partial charge < -0.3 is 16.0 Å². The summed E-state index contributed by atoms with van der Waals surface area (Å²) in [4.78, 5) is 26.7. The van der Waals surface area contributed by atoms with E-state index in [2.05, 4.69) is 15.6 Å². The molecule has 1 fully saturated rings. The van der Waals surface area contributed by atoms with Crippen molar-refractivity contribution < 1.29 is 9.59 Å². The summed E-state index contributed by atoms with van der Waals surface area (Å²) in [6.07, 6.45) is 1.81. The molecular weight excluding hydrogens is 344 g/mol. The molecule has 0 bridgehead atoms. The maximum Gasteiger partial charge on any atom is 0.228 e. The van der Waals surface area contributed by atoms with E-state index in [0.29, 0.717) is 31.9 Å². The van der Waals surface area contributed by atoms with Crippen LogP contribution >= 0.6 is 0 Å². The van der Waals surface area contributed by atoms with Gasteiger partial charge in [0.05, 0.1) is 29.4 Å². The van der Waals surface area contributed by atoms with Gasteiger partial charge in [0.25, 0.3) is 0 Å². The van der Waals surface area contributed by atoms with Gasteiger partial charge in [0, 0.05) is 26.2 Å². The molecule has 1 aromatic carbocycles. The second-order valence-corrected chi connectivity index (χ2v) is 6.80. The summed E-state index contributed by atoms with van der Waals surface area (Å²) in [7, 11) is 0. The lowest BCUT2D eigenvalue weighted by molar-refractivity contribution is -0.135. The maximum absolute atomic E-state index is 12.7. The van der Waals surface area contributed by atoms with Gasteiger partial charge in [-0.1, -0.05) is 23.4 Å². The average molecular weight is 370 g/mol. The second kappa shape index (κ2) is 8.77. The predicted octanol–water partition coefficient (Wildman–Crippen LogP) is 0.432. The topological polar surface area (TPSA) is 106 Å². The molecular formula is C19H26N6O2. The third-order valence-corrected chi connectivity index (χ3v) is 4.90. The molecule has 1 aliphatic heterocycles. The number of aromatic nitrogens is 3. The van der Waals surface area contributed by atoms with Crippen LogP contribution < -0.4 is 11.1 Å². The summed E-state index contributed by atoms with van der Waals surface area (Å²) in [5.41, 5.74) is 7.86. The fourth-order valence-corrected chi connectivity index (χ4v) is 3.35. The first-order valence-electron chi connectivity index (χ1n) is 9.32. The Hall–Kier alpha value is -2.74. The first kappa shape index (κ1) is 19.0. The lowest BCUT2D eigenvalue weighted by Gasteiger charge is -2.32. The van der Waals surface area contributed by atoms with Crippen molar-refractivity contribution in [3.8, 4) is 5.69 Å². The number of nitrogens with two attached hydrogens (primary N) is 1. The molecule has 2 heterocycles. The minimum atomic E-state index is -0.171. The number of nitrogens with zero attached hydrogens (tertiary/aromatic N) is 4. The number of nitrogens with one attached hydrogen (secondary N) is 1. The average Bonchev–Trinajstić information content (AvgIpc) is 3.07. The van der Waals surface area contributed by atoms with Crippen molar-refractivity contribution in [3.63, 3.8) is 0 Å². The minimum absolute atomic E-state index is 0.0189. The van der Waals surface area contributed by atoms with Crippen molar-refractivity contribution in [2.24, 2.45) is 11.7 Å². The fourth-order valence-electron chi connectivity index (χ4n) is 3.35. The van der Waals surface area contributed by atoms with Gasteiger partial charge in [0.2, 0.25) is 11.8 Å². The number of piperidine rings is 1. The van der Waals surface area contributed by atoms with Crippen LogP contribution in [-0.2, 0) is 16.0 Å². The number of rotatable bonds is 6. The number of carbonyl (C=O) groups excluding carboxylic acids is 2. The van der Waals surface area contributed by atoms with Crippen LogP contribution in [0.15, 0.2) is 30.3 Å². The molecule has 8 nitrogen and oxygen atoms in total. The van der Waals surface area contributed by atoms with Crippen molar-refractivity contribution in [3.05, 3.63) is 41.7 Å². The zero-order chi connectivity index (χ0) is 19.2. The van der Waals surface area contributed by atoms with Gasteiger partial charge in [-0.25, -0.2) is 4.68 Å². The number of carbonyl (C=O) groups is 2. The first-order valence-corrected chi connectivity index (χ1v) is 9.32. The van der Waals surface area contributed by atoms with Crippen LogP contribution in [-0.4, -0.2) is 57.9 Å². The van der Waals surface area contributed by atoms with Gasteiger partial charge in [-0.05, 0) is 31.9 Å². The molecule has 1 aliphatic rings. The van der Waals surface area contributed by atoms with Gasteiger partial charge in [0.15, 0.2) is 0 Å². The zero-order valence-corrected chi connectivity index (χ0v) is 15.6. The highest BCUT2D eigenvalue weighted by molar-refractivity contribution is 5.82. The number of para-hydroxylation sites is 1. The van der Waals surface area contributed by atoms with Gasteiger partial charge in [0.1, 0.15) is 0 Å². The van der Waals surface area contributed by atoms with E-state index in [0.717, 1.165) is 24.2 Å². The molecule has 3 N–H and O–H groups in total. The normalized spacial score (nSPS) is 17.0. The Kier molecular flexibility index (Phi) is 6.18. The molecule has 2 amide bonds. The Morgan fingerprint density at radius 1 is 1.30 bits per heavy atom. The number of hydrogen-bond acceptors (Lipinski definition) is 5. The third kappa shape index (κ3) is 4.51. The smallest absolute Gasteiger partial charge is 0.228 e. The molecule has 1 saturated heterocycles. The molecule has 144 valence electrons. The molecule has 0 aliphatic carbocycles. The molecule has 3 rings (SSSR count). The molecule has 1 unspecified atom stereocenters. The van der Waals surface area contributed by atoms with Gasteiger partial charge in [-0.15, -0.1) is 5.10 Å². The maximum atomic E-state index is 12.7. The summed E-state index contributed by atoms with van der Waals surface area (Å²) < 4.78 is 1.74. The highest BCUT2D eigenvalue weighted by Gasteiger charge is 2.29. The third-order valence-electron chi connectivity index (χ3n) is 4.90. The summed E-state index contributed by atoms with van der Waals surface area (Å²) in [5, 5.41) is 11.2. The number of amides is 2. The fraction of sp³-hybridized carbons (Fsp3) is 0.474. The Morgan fingerprint density at radius 3 is 2.81 bits per heavy atom. The van der Waals surface area contributed by atoms with Gasteiger partial charge in [-0.2, -0.15) is 0 Å². The van der Waals surface area contributed by atoms with Crippen LogP contribution in [0.25, 0.3) is 5.69 Å². The van der Waals surface area contributed by atoms with Gasteiger partial charge >= 0.3 is 0 Å². The monoisotopic (exact) mass is 370 g/mol. The van der Waals surface area contributed by atoms with E-state index >= 15 is 0 Å². The minimum Gasteiger partial charge on any atom is -0.355 e. The molecule has 1 atom stereocenters. The van der Waals surface area contributed by atoms with Crippen molar-refractivity contribution in [1.82, 2.24) is 25.2 Å². The van der Waals surface area contributed by atoms with E-state index in [4.69, 9.17) is 5.73 Å². The predicted molar refractivity (Wildman–Crippen MR) is 101 cm³/mol. The quantitative estimate of drug-likeness (QED) is 0.767.